The molecule has 0 aliphatic heterocycles. The van der Waals surface area contributed by atoms with Gasteiger partial charge in [0.2, 0.25) is 0 Å². The van der Waals surface area contributed by atoms with Gasteiger partial charge in [-0.25, -0.2) is 0 Å². The van der Waals surface area contributed by atoms with Crippen LogP contribution < -0.4 is 10.6 Å². The van der Waals surface area contributed by atoms with Crippen molar-refractivity contribution in [1.82, 2.24) is 10.6 Å². The number of hydrogen-bond acceptors (Lipinski definition) is 5. The third-order valence-electron chi connectivity index (χ3n) is 3.31. The Morgan fingerprint density at radius 2 is 1.80 bits per heavy atom. The minimum atomic E-state index is -0.649. The molecule has 2 amide bonds. The number of aryl methyl sites for hydroxylation is 1. The SMILES string of the molecule is O=C(COC(=O)CNC(=O)c1cccs1)NCCCc1ccccc1. The molecule has 2 rings (SSSR count). The molecule has 0 aliphatic rings. The standard InChI is InChI=1S/C18H20N2O4S/c21-16(19-10-4-8-14-6-2-1-3-7-14)13-24-17(22)12-20-18(23)15-9-5-11-25-15/h1-3,5-7,9,11H,4,8,10,12-13H2,(H,19,21)(H,20,23). The van der Waals surface area contributed by atoms with Gasteiger partial charge in [-0.15, -0.1) is 11.3 Å². The summed E-state index contributed by atoms with van der Waals surface area (Å²) in [6.07, 6.45) is 1.68. The van der Waals surface area contributed by atoms with Gasteiger partial charge in [0, 0.05) is 6.54 Å². The van der Waals surface area contributed by atoms with Crippen LogP contribution in [0.25, 0.3) is 0 Å². The zero-order chi connectivity index (χ0) is 17.9. The molecule has 0 saturated carbocycles. The minimum Gasteiger partial charge on any atom is -0.454 e. The fraction of sp³-hybridized carbons (Fsp3) is 0.278. The molecule has 0 saturated heterocycles. The van der Waals surface area contributed by atoms with Gasteiger partial charge in [-0.3, -0.25) is 14.4 Å². The summed E-state index contributed by atoms with van der Waals surface area (Å²) < 4.78 is 4.82. The third-order valence-corrected chi connectivity index (χ3v) is 4.18. The molecule has 0 radical (unpaired) electrons. The van der Waals surface area contributed by atoms with Gasteiger partial charge in [0.05, 0.1) is 4.88 Å². The molecule has 0 unspecified atom stereocenters. The first kappa shape index (κ1) is 18.7. The second kappa shape index (κ2) is 10.2. The van der Waals surface area contributed by atoms with E-state index in [-0.39, 0.29) is 25.0 Å². The Morgan fingerprint density at radius 1 is 1.00 bits per heavy atom. The molecule has 1 aromatic carbocycles. The van der Waals surface area contributed by atoms with Crippen LogP contribution in [0.3, 0.4) is 0 Å². The van der Waals surface area contributed by atoms with Gasteiger partial charge in [-0.2, -0.15) is 0 Å². The Labute approximate surface area is 150 Å². The van der Waals surface area contributed by atoms with Crippen molar-refractivity contribution in [3.8, 4) is 0 Å². The van der Waals surface area contributed by atoms with E-state index in [0.29, 0.717) is 11.4 Å². The number of carbonyl (C=O) groups is 3. The van der Waals surface area contributed by atoms with E-state index in [1.807, 2.05) is 30.3 Å². The monoisotopic (exact) mass is 360 g/mol. The summed E-state index contributed by atoms with van der Waals surface area (Å²) >= 11 is 1.28. The van der Waals surface area contributed by atoms with Crippen molar-refractivity contribution in [2.75, 3.05) is 19.7 Å². The van der Waals surface area contributed by atoms with Crippen molar-refractivity contribution in [3.05, 3.63) is 58.3 Å². The molecule has 25 heavy (non-hydrogen) atoms. The normalized spacial score (nSPS) is 10.1. The Morgan fingerprint density at radius 3 is 2.52 bits per heavy atom. The smallest absolute Gasteiger partial charge is 0.325 e. The first-order valence-corrected chi connectivity index (χ1v) is 8.81. The maximum absolute atomic E-state index is 11.7. The van der Waals surface area contributed by atoms with E-state index >= 15 is 0 Å². The number of thiophene rings is 1. The summed E-state index contributed by atoms with van der Waals surface area (Å²) in [7, 11) is 0. The molecule has 0 atom stereocenters. The minimum absolute atomic E-state index is 0.266. The Balaban J connectivity index is 1.53. The highest BCUT2D eigenvalue weighted by Gasteiger charge is 2.11. The zero-order valence-electron chi connectivity index (χ0n) is 13.7. The topological polar surface area (TPSA) is 84.5 Å². The largest absolute Gasteiger partial charge is 0.454 e. The first-order valence-electron chi connectivity index (χ1n) is 7.93. The van der Waals surface area contributed by atoms with E-state index < -0.39 is 5.97 Å². The molecule has 0 aliphatic carbocycles. The van der Waals surface area contributed by atoms with Gasteiger partial charge in [0.1, 0.15) is 6.54 Å². The molecular weight excluding hydrogens is 340 g/mol. The summed E-state index contributed by atoms with van der Waals surface area (Å²) in [5.74, 6) is -1.34. The number of ether oxygens (including phenoxy) is 1. The highest BCUT2D eigenvalue weighted by Crippen LogP contribution is 2.07. The van der Waals surface area contributed by atoms with Crippen LogP contribution in [0.2, 0.25) is 0 Å². The van der Waals surface area contributed by atoms with Crippen LogP contribution in [0.15, 0.2) is 47.8 Å². The molecule has 2 N–H and O–H groups in total. The van der Waals surface area contributed by atoms with Crippen LogP contribution in [0.1, 0.15) is 21.7 Å². The summed E-state index contributed by atoms with van der Waals surface area (Å²) in [4.78, 5) is 35.3. The van der Waals surface area contributed by atoms with Crippen LogP contribution in [0.4, 0.5) is 0 Å². The van der Waals surface area contributed by atoms with Crippen molar-refractivity contribution >= 4 is 29.1 Å². The molecule has 132 valence electrons. The number of rotatable bonds is 9. The molecule has 0 bridgehead atoms. The highest BCUT2D eigenvalue weighted by molar-refractivity contribution is 7.12. The highest BCUT2D eigenvalue weighted by atomic mass is 32.1. The van der Waals surface area contributed by atoms with E-state index in [1.54, 1.807) is 17.5 Å². The first-order chi connectivity index (χ1) is 12.1. The third kappa shape index (κ3) is 7.17. The fourth-order valence-electron chi connectivity index (χ4n) is 2.06. The summed E-state index contributed by atoms with van der Waals surface area (Å²) in [6, 6.07) is 13.4. The predicted molar refractivity (Wildman–Crippen MR) is 95.4 cm³/mol. The summed E-state index contributed by atoms with van der Waals surface area (Å²) in [6.45, 7) is -0.0997. The molecular formula is C18H20N2O4S. The second-order valence-corrected chi connectivity index (χ2v) is 6.21. The number of carbonyl (C=O) groups excluding carboxylic acids is 3. The van der Waals surface area contributed by atoms with E-state index in [4.69, 9.17) is 4.74 Å². The van der Waals surface area contributed by atoms with Gasteiger partial charge >= 0.3 is 5.97 Å². The average Bonchev–Trinajstić information content (AvgIpc) is 3.17. The lowest BCUT2D eigenvalue weighted by molar-refractivity contribution is -0.147. The van der Waals surface area contributed by atoms with Crippen LogP contribution in [0.5, 0.6) is 0 Å². The van der Waals surface area contributed by atoms with Gasteiger partial charge in [-0.05, 0) is 29.9 Å². The van der Waals surface area contributed by atoms with Gasteiger partial charge in [0.15, 0.2) is 6.61 Å². The second-order valence-electron chi connectivity index (χ2n) is 5.26. The lowest BCUT2D eigenvalue weighted by atomic mass is 10.1. The van der Waals surface area contributed by atoms with Crippen molar-refractivity contribution < 1.29 is 19.1 Å². The molecule has 6 nitrogen and oxygen atoms in total. The lowest BCUT2D eigenvalue weighted by Crippen LogP contribution is -2.34. The van der Waals surface area contributed by atoms with E-state index in [1.165, 1.54) is 16.9 Å². The van der Waals surface area contributed by atoms with E-state index in [2.05, 4.69) is 10.6 Å². The molecule has 7 heteroatoms. The zero-order valence-corrected chi connectivity index (χ0v) is 14.5. The number of esters is 1. The lowest BCUT2D eigenvalue weighted by Gasteiger charge is -2.07. The number of nitrogens with one attached hydrogen (secondary N) is 2. The Kier molecular flexibility index (Phi) is 7.65. The van der Waals surface area contributed by atoms with Crippen molar-refractivity contribution in [2.24, 2.45) is 0 Å². The van der Waals surface area contributed by atoms with Gasteiger partial charge in [-0.1, -0.05) is 36.4 Å². The molecule has 2 aromatic rings. The van der Waals surface area contributed by atoms with Crippen LogP contribution in [-0.4, -0.2) is 37.5 Å². The van der Waals surface area contributed by atoms with Gasteiger partial charge < -0.3 is 15.4 Å². The molecule has 0 fully saturated rings. The molecule has 0 spiro atoms. The Hall–Kier alpha value is -2.67. The van der Waals surface area contributed by atoms with Crippen molar-refractivity contribution in [2.45, 2.75) is 12.8 Å². The van der Waals surface area contributed by atoms with Crippen LogP contribution in [-0.2, 0) is 20.7 Å². The number of benzene rings is 1. The number of hydrogen-bond donors (Lipinski definition) is 2. The van der Waals surface area contributed by atoms with Crippen molar-refractivity contribution in [3.63, 3.8) is 0 Å². The number of amides is 2. The molecule has 1 heterocycles. The predicted octanol–water partition coefficient (Wildman–Crippen LogP) is 1.77. The average molecular weight is 360 g/mol. The molecule has 1 aromatic heterocycles. The Bertz CT molecular complexity index is 686. The maximum Gasteiger partial charge on any atom is 0.325 e. The van der Waals surface area contributed by atoms with Gasteiger partial charge in [0.25, 0.3) is 11.8 Å². The summed E-state index contributed by atoms with van der Waals surface area (Å²) in [5, 5.41) is 6.91. The van der Waals surface area contributed by atoms with E-state index in [0.717, 1.165) is 12.8 Å². The van der Waals surface area contributed by atoms with Crippen LogP contribution >= 0.6 is 11.3 Å². The maximum atomic E-state index is 11.7. The fourth-order valence-corrected chi connectivity index (χ4v) is 2.70. The van der Waals surface area contributed by atoms with Crippen LogP contribution in [0, 0.1) is 0 Å². The van der Waals surface area contributed by atoms with Crippen molar-refractivity contribution in [1.29, 1.82) is 0 Å². The summed E-state index contributed by atoms with van der Waals surface area (Å²) in [5.41, 5.74) is 1.21. The quantitative estimate of drug-likeness (QED) is 0.527. The van der Waals surface area contributed by atoms with E-state index in [9.17, 15) is 14.4 Å².